The van der Waals surface area contributed by atoms with Crippen LogP contribution in [0.4, 0.5) is 0 Å². The van der Waals surface area contributed by atoms with Gasteiger partial charge in [-0.3, -0.25) is 0 Å². The van der Waals surface area contributed by atoms with E-state index in [1.54, 1.807) is 0 Å². The van der Waals surface area contributed by atoms with Gasteiger partial charge in [-0.25, -0.2) is 13.2 Å². The second-order valence-electron chi connectivity index (χ2n) is 4.30. The standard InChI is InChI=1S/C12H18N2O4S2/c1-4-8-9(5-2)13-14-11(10(8)12(15)16)19-6-7-20(3,17)18/h4-7H2,1-3H3,(H,15,16). The maximum atomic E-state index is 11.4. The molecule has 1 heterocycles. The van der Waals surface area contributed by atoms with Crippen LogP contribution in [0.25, 0.3) is 0 Å². The fourth-order valence-electron chi connectivity index (χ4n) is 1.77. The predicted octanol–water partition coefficient (Wildman–Crippen LogP) is 1.44. The molecular weight excluding hydrogens is 300 g/mol. The van der Waals surface area contributed by atoms with Crippen molar-refractivity contribution in [1.29, 1.82) is 0 Å². The molecule has 0 aliphatic rings. The summed E-state index contributed by atoms with van der Waals surface area (Å²) in [5.74, 6) is -0.800. The number of rotatable bonds is 7. The van der Waals surface area contributed by atoms with Crippen molar-refractivity contribution in [3.8, 4) is 0 Å². The Bertz CT molecular complexity index is 600. The van der Waals surface area contributed by atoms with E-state index in [-0.39, 0.29) is 22.1 Å². The molecule has 0 bridgehead atoms. The van der Waals surface area contributed by atoms with Crippen molar-refractivity contribution in [2.45, 2.75) is 31.7 Å². The number of aryl methyl sites for hydroxylation is 1. The van der Waals surface area contributed by atoms with Crippen LogP contribution in [0.1, 0.15) is 35.5 Å². The highest BCUT2D eigenvalue weighted by Crippen LogP contribution is 2.25. The third-order valence-electron chi connectivity index (χ3n) is 2.72. The molecule has 1 aromatic rings. The molecule has 0 fully saturated rings. The number of hydrogen-bond donors (Lipinski definition) is 1. The van der Waals surface area contributed by atoms with Gasteiger partial charge in [-0.2, -0.15) is 5.10 Å². The molecule has 0 unspecified atom stereocenters. The van der Waals surface area contributed by atoms with Gasteiger partial charge in [-0.05, 0) is 18.4 Å². The third-order valence-corrected chi connectivity index (χ3v) is 4.89. The molecule has 8 heteroatoms. The molecule has 112 valence electrons. The molecule has 20 heavy (non-hydrogen) atoms. The SMILES string of the molecule is CCc1nnc(SCCS(C)(=O)=O)c(C(=O)O)c1CC. The smallest absolute Gasteiger partial charge is 0.338 e. The van der Waals surface area contributed by atoms with Gasteiger partial charge in [-0.1, -0.05) is 13.8 Å². The normalized spacial score (nSPS) is 11.6. The zero-order valence-electron chi connectivity index (χ0n) is 11.7. The summed E-state index contributed by atoms with van der Waals surface area (Å²) >= 11 is 1.12. The highest BCUT2D eigenvalue weighted by atomic mass is 32.2. The second kappa shape index (κ2) is 7.03. The molecule has 0 spiro atoms. The minimum atomic E-state index is -3.07. The van der Waals surface area contributed by atoms with E-state index in [9.17, 15) is 18.3 Å². The quantitative estimate of drug-likeness (QED) is 0.760. The van der Waals surface area contributed by atoms with E-state index >= 15 is 0 Å². The Labute approximate surface area is 122 Å². The van der Waals surface area contributed by atoms with Gasteiger partial charge in [0.25, 0.3) is 0 Å². The molecule has 0 saturated heterocycles. The lowest BCUT2D eigenvalue weighted by Crippen LogP contribution is -2.12. The fourth-order valence-corrected chi connectivity index (χ4v) is 3.96. The van der Waals surface area contributed by atoms with Gasteiger partial charge in [-0.15, -0.1) is 16.9 Å². The van der Waals surface area contributed by atoms with Crippen LogP contribution in [-0.2, 0) is 22.7 Å². The molecule has 0 radical (unpaired) electrons. The van der Waals surface area contributed by atoms with Crippen LogP contribution in [0.5, 0.6) is 0 Å². The first-order chi connectivity index (χ1) is 9.30. The van der Waals surface area contributed by atoms with Crippen molar-refractivity contribution in [3.05, 3.63) is 16.8 Å². The number of sulfone groups is 1. The Morgan fingerprint density at radius 2 is 1.90 bits per heavy atom. The van der Waals surface area contributed by atoms with Crippen LogP contribution >= 0.6 is 11.8 Å². The number of carboxylic acids is 1. The number of hydrogen-bond acceptors (Lipinski definition) is 6. The fraction of sp³-hybridized carbons (Fsp3) is 0.583. The Morgan fingerprint density at radius 1 is 1.25 bits per heavy atom. The Kier molecular flexibility index (Phi) is 5.94. The lowest BCUT2D eigenvalue weighted by atomic mass is 10.0. The summed E-state index contributed by atoms with van der Waals surface area (Å²) in [6, 6.07) is 0. The van der Waals surface area contributed by atoms with E-state index in [0.717, 1.165) is 18.0 Å². The van der Waals surface area contributed by atoms with Gasteiger partial charge in [0.05, 0.1) is 17.0 Å². The largest absolute Gasteiger partial charge is 0.478 e. The zero-order valence-corrected chi connectivity index (χ0v) is 13.3. The summed E-state index contributed by atoms with van der Waals surface area (Å²) in [7, 11) is -3.07. The van der Waals surface area contributed by atoms with Crippen molar-refractivity contribution in [1.82, 2.24) is 10.2 Å². The Balaban J connectivity index is 3.10. The number of carboxylic acid groups (broad SMARTS) is 1. The highest BCUT2D eigenvalue weighted by Gasteiger charge is 2.20. The van der Waals surface area contributed by atoms with Gasteiger partial charge >= 0.3 is 5.97 Å². The monoisotopic (exact) mass is 318 g/mol. The van der Waals surface area contributed by atoms with Crippen molar-refractivity contribution < 1.29 is 18.3 Å². The Hall–Kier alpha value is -1.15. The van der Waals surface area contributed by atoms with E-state index in [2.05, 4.69) is 10.2 Å². The maximum Gasteiger partial charge on any atom is 0.338 e. The molecule has 0 aromatic carbocycles. The van der Waals surface area contributed by atoms with Crippen LogP contribution in [-0.4, -0.2) is 47.5 Å². The lowest BCUT2D eigenvalue weighted by molar-refractivity contribution is 0.0690. The van der Waals surface area contributed by atoms with Crippen molar-refractivity contribution in [2.75, 3.05) is 17.8 Å². The predicted molar refractivity (Wildman–Crippen MR) is 78.2 cm³/mol. The van der Waals surface area contributed by atoms with Gasteiger partial charge < -0.3 is 5.11 Å². The molecule has 1 rings (SSSR count). The van der Waals surface area contributed by atoms with E-state index in [0.29, 0.717) is 24.1 Å². The summed E-state index contributed by atoms with van der Waals surface area (Å²) in [6.45, 7) is 3.76. The molecule has 0 saturated carbocycles. The maximum absolute atomic E-state index is 11.4. The van der Waals surface area contributed by atoms with Crippen molar-refractivity contribution in [3.63, 3.8) is 0 Å². The average molecular weight is 318 g/mol. The Morgan fingerprint density at radius 3 is 2.35 bits per heavy atom. The number of thioether (sulfide) groups is 1. The molecule has 0 aliphatic carbocycles. The molecule has 1 N–H and O–H groups in total. The molecule has 0 amide bonds. The summed E-state index contributed by atoms with van der Waals surface area (Å²) in [6.07, 6.45) is 2.32. The topological polar surface area (TPSA) is 97.2 Å². The van der Waals surface area contributed by atoms with Gasteiger partial charge in [0, 0.05) is 12.0 Å². The number of aromatic nitrogens is 2. The molecule has 6 nitrogen and oxygen atoms in total. The van der Waals surface area contributed by atoms with E-state index in [1.807, 2.05) is 13.8 Å². The first kappa shape index (κ1) is 16.9. The van der Waals surface area contributed by atoms with Crippen molar-refractivity contribution >= 4 is 27.6 Å². The first-order valence-electron chi connectivity index (χ1n) is 6.22. The second-order valence-corrected chi connectivity index (χ2v) is 7.64. The molecule has 1 aromatic heterocycles. The summed E-state index contributed by atoms with van der Waals surface area (Å²) < 4.78 is 22.2. The van der Waals surface area contributed by atoms with Crippen LogP contribution in [0, 0.1) is 0 Å². The van der Waals surface area contributed by atoms with Crippen molar-refractivity contribution in [2.24, 2.45) is 0 Å². The summed E-state index contributed by atoms with van der Waals surface area (Å²) in [5.41, 5.74) is 1.51. The number of aromatic carboxylic acids is 1. The van der Waals surface area contributed by atoms with E-state index in [4.69, 9.17) is 0 Å². The van der Waals surface area contributed by atoms with Crippen LogP contribution < -0.4 is 0 Å². The van der Waals surface area contributed by atoms with Gasteiger partial charge in [0.1, 0.15) is 14.9 Å². The van der Waals surface area contributed by atoms with Gasteiger partial charge in [0.2, 0.25) is 0 Å². The minimum absolute atomic E-state index is 0.0185. The van der Waals surface area contributed by atoms with Crippen LogP contribution in [0.15, 0.2) is 5.03 Å². The van der Waals surface area contributed by atoms with Crippen LogP contribution in [0.2, 0.25) is 0 Å². The first-order valence-corrected chi connectivity index (χ1v) is 9.27. The zero-order chi connectivity index (χ0) is 15.3. The summed E-state index contributed by atoms with van der Waals surface area (Å²) in [4.78, 5) is 11.4. The van der Waals surface area contributed by atoms with E-state index < -0.39 is 15.8 Å². The number of carbonyl (C=O) groups is 1. The van der Waals surface area contributed by atoms with E-state index in [1.165, 1.54) is 0 Å². The lowest BCUT2D eigenvalue weighted by Gasteiger charge is -2.11. The minimum Gasteiger partial charge on any atom is -0.478 e. The van der Waals surface area contributed by atoms with Gasteiger partial charge in [0.15, 0.2) is 0 Å². The highest BCUT2D eigenvalue weighted by molar-refractivity contribution is 8.00. The molecule has 0 atom stereocenters. The molecule has 0 aliphatic heterocycles. The average Bonchev–Trinajstić information content (AvgIpc) is 2.35. The molecular formula is C12H18N2O4S2. The summed E-state index contributed by atoms with van der Waals surface area (Å²) in [5, 5.41) is 17.6. The van der Waals surface area contributed by atoms with Crippen LogP contribution in [0.3, 0.4) is 0 Å². The third kappa shape index (κ3) is 4.45. The number of nitrogens with zero attached hydrogens (tertiary/aromatic N) is 2.